The van der Waals surface area contributed by atoms with Crippen LogP contribution in [-0.2, 0) is 0 Å². The Bertz CT molecular complexity index is 562. The summed E-state index contributed by atoms with van der Waals surface area (Å²) in [5.41, 5.74) is 0.313. The summed E-state index contributed by atoms with van der Waals surface area (Å²) in [6, 6.07) is 1.69. The molecule has 0 aromatic carbocycles. The fourth-order valence-corrected chi connectivity index (χ4v) is 2.03. The molecular formula is C11H13N7O. The quantitative estimate of drug-likeness (QED) is 0.830. The van der Waals surface area contributed by atoms with Crippen molar-refractivity contribution < 1.29 is 4.79 Å². The first-order valence-corrected chi connectivity index (χ1v) is 6.06. The molecule has 0 radical (unpaired) electrons. The van der Waals surface area contributed by atoms with Crippen LogP contribution in [0.1, 0.15) is 23.3 Å². The highest BCUT2D eigenvalue weighted by atomic mass is 16.2. The highest BCUT2D eigenvalue weighted by Crippen LogP contribution is 2.17. The Morgan fingerprint density at radius 2 is 2.05 bits per heavy atom. The smallest absolute Gasteiger partial charge is 0.276 e. The van der Waals surface area contributed by atoms with Crippen molar-refractivity contribution in [2.24, 2.45) is 0 Å². The van der Waals surface area contributed by atoms with Gasteiger partial charge in [-0.05, 0) is 12.8 Å². The summed E-state index contributed by atoms with van der Waals surface area (Å²) in [6.07, 6.45) is 5.04. The van der Waals surface area contributed by atoms with Gasteiger partial charge in [-0.3, -0.25) is 10.1 Å². The molecule has 2 aromatic rings. The maximum absolute atomic E-state index is 12.0. The lowest BCUT2D eigenvalue weighted by Gasteiger charge is -2.16. The number of anilines is 2. The van der Waals surface area contributed by atoms with Crippen molar-refractivity contribution in [3.63, 3.8) is 0 Å². The first kappa shape index (κ1) is 11.6. The molecule has 19 heavy (non-hydrogen) atoms. The molecule has 1 aliphatic heterocycles. The molecule has 0 atom stereocenters. The Labute approximate surface area is 109 Å². The topological polar surface area (TPSA) is 99.7 Å². The lowest BCUT2D eigenvalue weighted by Crippen LogP contribution is -2.21. The highest BCUT2D eigenvalue weighted by Gasteiger charge is 2.16. The van der Waals surface area contributed by atoms with Gasteiger partial charge in [-0.2, -0.15) is 10.1 Å². The van der Waals surface area contributed by atoms with Crippen molar-refractivity contribution in [3.05, 3.63) is 24.4 Å². The molecule has 1 amide bonds. The van der Waals surface area contributed by atoms with E-state index >= 15 is 0 Å². The number of hydrogen-bond donors (Lipinski definition) is 2. The monoisotopic (exact) mass is 259 g/mol. The van der Waals surface area contributed by atoms with E-state index in [1.54, 1.807) is 6.07 Å². The van der Waals surface area contributed by atoms with Crippen LogP contribution < -0.4 is 10.2 Å². The molecule has 0 bridgehead atoms. The van der Waals surface area contributed by atoms with E-state index in [-0.39, 0.29) is 5.91 Å². The van der Waals surface area contributed by atoms with Crippen LogP contribution in [0, 0.1) is 0 Å². The molecule has 98 valence electrons. The molecule has 0 aliphatic carbocycles. The summed E-state index contributed by atoms with van der Waals surface area (Å²) in [5.74, 6) is 0.751. The van der Waals surface area contributed by atoms with Gasteiger partial charge in [0.1, 0.15) is 24.2 Å². The number of carbonyl (C=O) groups is 1. The summed E-state index contributed by atoms with van der Waals surface area (Å²) >= 11 is 0. The summed E-state index contributed by atoms with van der Waals surface area (Å²) < 4.78 is 0. The van der Waals surface area contributed by atoms with E-state index in [9.17, 15) is 4.79 Å². The number of amides is 1. The van der Waals surface area contributed by atoms with E-state index in [0.29, 0.717) is 11.6 Å². The van der Waals surface area contributed by atoms with Gasteiger partial charge < -0.3 is 4.90 Å². The van der Waals surface area contributed by atoms with Crippen LogP contribution in [0.2, 0.25) is 0 Å². The molecule has 0 spiro atoms. The van der Waals surface area contributed by atoms with E-state index < -0.39 is 0 Å². The molecule has 3 rings (SSSR count). The standard InChI is InChI=1S/C11H13N7O/c19-10(16-11-14-7-15-17-11)8-5-9(13-6-12-8)18-3-1-2-4-18/h5-7H,1-4H2,(H2,14,15,16,17,19). The molecule has 2 N–H and O–H groups in total. The van der Waals surface area contributed by atoms with Crippen LogP contribution in [0.4, 0.5) is 11.8 Å². The summed E-state index contributed by atoms with van der Waals surface area (Å²) in [5, 5.41) is 8.80. The molecule has 8 heteroatoms. The first-order chi connectivity index (χ1) is 9.33. The van der Waals surface area contributed by atoms with Gasteiger partial charge in [0.2, 0.25) is 5.95 Å². The van der Waals surface area contributed by atoms with Crippen molar-refractivity contribution in [3.8, 4) is 0 Å². The number of aromatic amines is 1. The zero-order chi connectivity index (χ0) is 13.1. The van der Waals surface area contributed by atoms with Crippen LogP contribution in [0.5, 0.6) is 0 Å². The minimum absolute atomic E-state index is 0.298. The van der Waals surface area contributed by atoms with Crippen LogP contribution >= 0.6 is 0 Å². The van der Waals surface area contributed by atoms with Gasteiger partial charge in [0.05, 0.1) is 0 Å². The average molecular weight is 259 g/mol. The Kier molecular flexibility index (Phi) is 3.05. The van der Waals surface area contributed by atoms with Gasteiger partial charge in [0.25, 0.3) is 5.91 Å². The fraction of sp³-hybridized carbons (Fsp3) is 0.364. The zero-order valence-electron chi connectivity index (χ0n) is 10.2. The number of aromatic nitrogens is 5. The number of H-pyrrole nitrogens is 1. The molecule has 8 nitrogen and oxygen atoms in total. The molecular weight excluding hydrogens is 246 g/mol. The Morgan fingerprint density at radius 3 is 2.79 bits per heavy atom. The molecule has 1 fully saturated rings. The summed E-state index contributed by atoms with van der Waals surface area (Å²) in [4.78, 5) is 26.1. The minimum atomic E-state index is -0.334. The molecule has 1 aliphatic rings. The largest absolute Gasteiger partial charge is 0.357 e. The predicted molar refractivity (Wildman–Crippen MR) is 67.8 cm³/mol. The second-order valence-corrected chi connectivity index (χ2v) is 4.24. The van der Waals surface area contributed by atoms with Gasteiger partial charge in [-0.25, -0.2) is 15.1 Å². The highest BCUT2D eigenvalue weighted by molar-refractivity contribution is 6.02. The molecule has 0 saturated carbocycles. The molecule has 1 saturated heterocycles. The Balaban J connectivity index is 1.76. The lowest BCUT2D eigenvalue weighted by molar-refractivity contribution is 0.102. The number of carbonyl (C=O) groups excluding carboxylic acids is 1. The normalized spacial score (nSPS) is 14.6. The van der Waals surface area contributed by atoms with Gasteiger partial charge >= 0.3 is 0 Å². The van der Waals surface area contributed by atoms with Crippen molar-refractivity contribution in [2.45, 2.75) is 12.8 Å². The molecule has 3 heterocycles. The van der Waals surface area contributed by atoms with E-state index in [0.717, 1.165) is 31.7 Å². The maximum Gasteiger partial charge on any atom is 0.276 e. The van der Waals surface area contributed by atoms with Crippen LogP contribution in [0.15, 0.2) is 18.7 Å². The van der Waals surface area contributed by atoms with Crippen LogP contribution in [-0.4, -0.2) is 44.1 Å². The predicted octanol–water partition coefficient (Wildman–Crippen LogP) is 0.447. The number of rotatable bonds is 3. The van der Waals surface area contributed by atoms with Crippen LogP contribution in [0.25, 0.3) is 0 Å². The summed E-state index contributed by atoms with van der Waals surface area (Å²) in [6.45, 7) is 1.94. The minimum Gasteiger partial charge on any atom is -0.357 e. The zero-order valence-corrected chi connectivity index (χ0v) is 10.2. The third-order valence-electron chi connectivity index (χ3n) is 2.96. The van der Waals surface area contributed by atoms with Crippen LogP contribution in [0.3, 0.4) is 0 Å². The van der Waals surface area contributed by atoms with Gasteiger partial charge in [-0.15, -0.1) is 0 Å². The Morgan fingerprint density at radius 1 is 1.21 bits per heavy atom. The average Bonchev–Trinajstić information content (AvgIpc) is 3.12. The number of nitrogens with zero attached hydrogens (tertiary/aromatic N) is 5. The van der Waals surface area contributed by atoms with E-state index in [4.69, 9.17) is 0 Å². The maximum atomic E-state index is 12.0. The van der Waals surface area contributed by atoms with Crippen molar-refractivity contribution in [1.29, 1.82) is 0 Å². The van der Waals surface area contributed by atoms with Crippen molar-refractivity contribution in [2.75, 3.05) is 23.3 Å². The van der Waals surface area contributed by atoms with Crippen molar-refractivity contribution >= 4 is 17.7 Å². The molecule has 2 aromatic heterocycles. The van der Waals surface area contributed by atoms with E-state index in [2.05, 4.69) is 35.4 Å². The van der Waals surface area contributed by atoms with E-state index in [1.807, 2.05) is 0 Å². The lowest BCUT2D eigenvalue weighted by atomic mass is 10.3. The van der Waals surface area contributed by atoms with E-state index in [1.165, 1.54) is 12.7 Å². The van der Waals surface area contributed by atoms with Gasteiger partial charge in [0.15, 0.2) is 0 Å². The SMILES string of the molecule is O=C(Nc1ncn[nH]1)c1cc(N2CCCC2)ncn1. The second-order valence-electron chi connectivity index (χ2n) is 4.24. The van der Waals surface area contributed by atoms with Crippen molar-refractivity contribution in [1.82, 2.24) is 25.1 Å². The second kappa shape index (κ2) is 5.01. The van der Waals surface area contributed by atoms with Gasteiger partial charge in [0, 0.05) is 19.2 Å². The van der Waals surface area contributed by atoms with Gasteiger partial charge in [-0.1, -0.05) is 0 Å². The first-order valence-electron chi connectivity index (χ1n) is 6.06. The number of nitrogens with one attached hydrogen (secondary N) is 2. The molecule has 0 unspecified atom stereocenters. The Hall–Kier alpha value is -2.51. The third-order valence-corrected chi connectivity index (χ3v) is 2.96. The summed E-state index contributed by atoms with van der Waals surface area (Å²) in [7, 11) is 0. The fourth-order valence-electron chi connectivity index (χ4n) is 2.03. The third kappa shape index (κ3) is 2.51. The number of hydrogen-bond acceptors (Lipinski definition) is 6.